The summed E-state index contributed by atoms with van der Waals surface area (Å²) in [5.41, 5.74) is 7.03. The van der Waals surface area contributed by atoms with Crippen molar-refractivity contribution in [3.63, 3.8) is 0 Å². The standard InChI is InChI=1S/C15H23NO2/c16-12-15(8-10-18-11-9-15)14(17)7-6-13-4-2-1-3-5-13/h1-5,14,17H,6-12,16H2. The molecule has 100 valence electrons. The molecule has 1 aromatic rings. The molecule has 1 atom stereocenters. The third-order valence-corrected chi connectivity index (χ3v) is 4.15. The van der Waals surface area contributed by atoms with E-state index in [-0.39, 0.29) is 11.5 Å². The molecule has 1 fully saturated rings. The number of hydrogen-bond donors (Lipinski definition) is 2. The van der Waals surface area contributed by atoms with Gasteiger partial charge in [0.1, 0.15) is 0 Å². The highest BCUT2D eigenvalue weighted by atomic mass is 16.5. The maximum absolute atomic E-state index is 10.5. The lowest BCUT2D eigenvalue weighted by Crippen LogP contribution is -2.46. The molecule has 2 rings (SSSR count). The van der Waals surface area contributed by atoms with Crippen LogP contribution in [0.3, 0.4) is 0 Å². The number of aliphatic hydroxyl groups is 1. The molecule has 0 saturated carbocycles. The van der Waals surface area contributed by atoms with E-state index in [0.29, 0.717) is 6.54 Å². The second kappa shape index (κ2) is 6.32. The number of rotatable bonds is 5. The third kappa shape index (κ3) is 3.10. The van der Waals surface area contributed by atoms with Gasteiger partial charge in [0.05, 0.1) is 6.10 Å². The number of benzene rings is 1. The Bertz CT molecular complexity index is 347. The van der Waals surface area contributed by atoms with Crippen LogP contribution in [-0.4, -0.2) is 31.0 Å². The Balaban J connectivity index is 1.91. The van der Waals surface area contributed by atoms with Gasteiger partial charge < -0.3 is 15.6 Å². The predicted octanol–water partition coefficient (Wildman–Crippen LogP) is 1.74. The van der Waals surface area contributed by atoms with Crippen molar-refractivity contribution in [2.45, 2.75) is 31.8 Å². The van der Waals surface area contributed by atoms with Gasteiger partial charge in [-0.25, -0.2) is 0 Å². The van der Waals surface area contributed by atoms with Crippen LogP contribution in [0.25, 0.3) is 0 Å². The molecule has 0 aromatic heterocycles. The lowest BCUT2D eigenvalue weighted by atomic mass is 9.73. The summed E-state index contributed by atoms with van der Waals surface area (Å²) in [6.07, 6.45) is 3.11. The first-order valence-corrected chi connectivity index (χ1v) is 6.77. The van der Waals surface area contributed by atoms with Gasteiger partial charge in [0.25, 0.3) is 0 Å². The van der Waals surface area contributed by atoms with Gasteiger partial charge in [-0.2, -0.15) is 0 Å². The van der Waals surface area contributed by atoms with Crippen molar-refractivity contribution in [2.75, 3.05) is 19.8 Å². The number of aryl methyl sites for hydroxylation is 1. The maximum atomic E-state index is 10.5. The molecule has 3 N–H and O–H groups in total. The molecule has 3 heteroatoms. The average molecular weight is 249 g/mol. The molecule has 1 aliphatic heterocycles. The number of nitrogens with two attached hydrogens (primary N) is 1. The van der Waals surface area contributed by atoms with Crippen molar-refractivity contribution in [2.24, 2.45) is 11.1 Å². The van der Waals surface area contributed by atoms with Gasteiger partial charge >= 0.3 is 0 Å². The number of aliphatic hydroxyl groups excluding tert-OH is 1. The van der Waals surface area contributed by atoms with E-state index in [1.807, 2.05) is 18.2 Å². The largest absolute Gasteiger partial charge is 0.392 e. The molecule has 1 unspecified atom stereocenters. The normalized spacial score (nSPS) is 20.6. The molecular formula is C15H23NO2. The van der Waals surface area contributed by atoms with E-state index < -0.39 is 0 Å². The number of ether oxygens (including phenoxy) is 1. The van der Waals surface area contributed by atoms with Crippen LogP contribution < -0.4 is 5.73 Å². The Morgan fingerprint density at radius 1 is 1.22 bits per heavy atom. The van der Waals surface area contributed by atoms with Gasteiger partial charge in [-0.05, 0) is 31.2 Å². The first-order valence-electron chi connectivity index (χ1n) is 6.77. The second-order valence-corrected chi connectivity index (χ2v) is 5.22. The van der Waals surface area contributed by atoms with Crippen molar-refractivity contribution in [1.82, 2.24) is 0 Å². The van der Waals surface area contributed by atoms with Crippen molar-refractivity contribution in [3.8, 4) is 0 Å². The summed E-state index contributed by atoms with van der Waals surface area (Å²) in [6, 6.07) is 10.3. The molecule has 0 bridgehead atoms. The van der Waals surface area contributed by atoms with E-state index in [9.17, 15) is 5.11 Å². The summed E-state index contributed by atoms with van der Waals surface area (Å²) >= 11 is 0. The molecule has 18 heavy (non-hydrogen) atoms. The quantitative estimate of drug-likeness (QED) is 0.835. The summed E-state index contributed by atoms with van der Waals surface area (Å²) < 4.78 is 5.37. The van der Waals surface area contributed by atoms with Crippen LogP contribution in [0.1, 0.15) is 24.8 Å². The molecular weight excluding hydrogens is 226 g/mol. The Labute approximate surface area is 109 Å². The van der Waals surface area contributed by atoms with Gasteiger partial charge in [-0.1, -0.05) is 30.3 Å². The fourth-order valence-electron chi connectivity index (χ4n) is 2.71. The van der Waals surface area contributed by atoms with E-state index >= 15 is 0 Å². The molecule has 1 aromatic carbocycles. The third-order valence-electron chi connectivity index (χ3n) is 4.15. The Kier molecular flexibility index (Phi) is 4.75. The van der Waals surface area contributed by atoms with Crippen molar-refractivity contribution < 1.29 is 9.84 Å². The molecule has 0 radical (unpaired) electrons. The lowest BCUT2D eigenvalue weighted by molar-refractivity contribution is -0.0589. The zero-order chi connectivity index (χ0) is 12.8. The summed E-state index contributed by atoms with van der Waals surface area (Å²) in [5, 5.41) is 10.5. The van der Waals surface area contributed by atoms with Crippen LogP contribution in [-0.2, 0) is 11.2 Å². The van der Waals surface area contributed by atoms with E-state index in [1.165, 1.54) is 5.56 Å². The minimum Gasteiger partial charge on any atom is -0.392 e. The second-order valence-electron chi connectivity index (χ2n) is 5.22. The first kappa shape index (κ1) is 13.5. The summed E-state index contributed by atoms with van der Waals surface area (Å²) in [6.45, 7) is 1.99. The average Bonchev–Trinajstić information content (AvgIpc) is 2.46. The lowest BCUT2D eigenvalue weighted by Gasteiger charge is -2.40. The minimum absolute atomic E-state index is 0.132. The topological polar surface area (TPSA) is 55.5 Å². The van der Waals surface area contributed by atoms with Crippen LogP contribution in [0.4, 0.5) is 0 Å². The zero-order valence-electron chi connectivity index (χ0n) is 10.8. The van der Waals surface area contributed by atoms with Gasteiger partial charge in [-0.15, -0.1) is 0 Å². The molecule has 0 aliphatic carbocycles. The van der Waals surface area contributed by atoms with Crippen molar-refractivity contribution in [1.29, 1.82) is 0 Å². The fraction of sp³-hybridized carbons (Fsp3) is 0.600. The highest BCUT2D eigenvalue weighted by molar-refractivity contribution is 5.14. The molecule has 3 nitrogen and oxygen atoms in total. The molecule has 1 saturated heterocycles. The summed E-state index contributed by atoms with van der Waals surface area (Å²) in [4.78, 5) is 0. The van der Waals surface area contributed by atoms with Crippen LogP contribution in [0.5, 0.6) is 0 Å². The highest BCUT2D eigenvalue weighted by Gasteiger charge is 2.37. The first-order chi connectivity index (χ1) is 8.77. The van der Waals surface area contributed by atoms with E-state index in [4.69, 9.17) is 10.5 Å². The van der Waals surface area contributed by atoms with Gasteiger partial charge in [-0.3, -0.25) is 0 Å². The molecule has 1 heterocycles. The van der Waals surface area contributed by atoms with Crippen LogP contribution in [0.2, 0.25) is 0 Å². The zero-order valence-corrected chi connectivity index (χ0v) is 10.8. The SMILES string of the molecule is NCC1(C(O)CCc2ccccc2)CCOCC1. The van der Waals surface area contributed by atoms with Crippen LogP contribution in [0.15, 0.2) is 30.3 Å². The van der Waals surface area contributed by atoms with Crippen LogP contribution in [0, 0.1) is 5.41 Å². The monoisotopic (exact) mass is 249 g/mol. The van der Waals surface area contributed by atoms with Crippen molar-refractivity contribution in [3.05, 3.63) is 35.9 Å². The molecule has 1 aliphatic rings. The summed E-state index contributed by atoms with van der Waals surface area (Å²) in [7, 11) is 0. The van der Waals surface area contributed by atoms with E-state index in [2.05, 4.69) is 12.1 Å². The summed E-state index contributed by atoms with van der Waals surface area (Å²) in [5.74, 6) is 0. The smallest absolute Gasteiger partial charge is 0.0613 e. The molecule has 0 spiro atoms. The number of hydrogen-bond acceptors (Lipinski definition) is 3. The Morgan fingerprint density at radius 3 is 2.50 bits per heavy atom. The minimum atomic E-state index is -0.327. The molecule has 0 amide bonds. The Hall–Kier alpha value is -0.900. The van der Waals surface area contributed by atoms with Gasteiger partial charge in [0.15, 0.2) is 0 Å². The van der Waals surface area contributed by atoms with Crippen LogP contribution >= 0.6 is 0 Å². The predicted molar refractivity (Wildman–Crippen MR) is 72.3 cm³/mol. The fourth-order valence-corrected chi connectivity index (χ4v) is 2.71. The van der Waals surface area contributed by atoms with Gasteiger partial charge in [0.2, 0.25) is 0 Å². The van der Waals surface area contributed by atoms with Crippen molar-refractivity contribution >= 4 is 0 Å². The van der Waals surface area contributed by atoms with Gasteiger partial charge in [0, 0.05) is 25.2 Å². The highest BCUT2D eigenvalue weighted by Crippen LogP contribution is 2.35. The van der Waals surface area contributed by atoms with E-state index in [0.717, 1.165) is 38.9 Å². The van der Waals surface area contributed by atoms with E-state index in [1.54, 1.807) is 0 Å². The Morgan fingerprint density at radius 2 is 1.89 bits per heavy atom. The maximum Gasteiger partial charge on any atom is 0.0613 e.